The van der Waals surface area contributed by atoms with Crippen LogP contribution >= 0.6 is 0 Å². The molecule has 0 bridgehead atoms. The number of hydrogen-bond acceptors (Lipinski definition) is 8. The van der Waals surface area contributed by atoms with E-state index >= 15 is 0 Å². The van der Waals surface area contributed by atoms with Gasteiger partial charge in [-0.2, -0.15) is 0 Å². The number of carbonyl (C=O) groups excluding carboxylic acids is 1. The fourth-order valence-electron chi connectivity index (χ4n) is 4.49. The molecular weight excluding hydrogens is 500 g/mol. The van der Waals surface area contributed by atoms with E-state index in [0.29, 0.717) is 35.7 Å². The Morgan fingerprint density at radius 2 is 1.92 bits per heavy atom. The van der Waals surface area contributed by atoms with Crippen molar-refractivity contribution in [3.8, 4) is 11.5 Å². The Balaban J connectivity index is 1.80. The van der Waals surface area contributed by atoms with Crippen molar-refractivity contribution in [1.82, 2.24) is 5.43 Å². The van der Waals surface area contributed by atoms with Gasteiger partial charge in [-0.3, -0.25) is 10.2 Å². The summed E-state index contributed by atoms with van der Waals surface area (Å²) in [6.07, 6.45) is -0.197. The summed E-state index contributed by atoms with van der Waals surface area (Å²) in [6, 6.07) is 21.8. The molecule has 0 spiro atoms. The highest BCUT2D eigenvalue weighted by Gasteiger charge is 2.53. The molecule has 202 valence electrons. The van der Waals surface area contributed by atoms with Crippen molar-refractivity contribution in [1.29, 1.82) is 0 Å². The molecule has 1 aliphatic rings. The van der Waals surface area contributed by atoms with Gasteiger partial charge in [0.2, 0.25) is 5.90 Å². The summed E-state index contributed by atoms with van der Waals surface area (Å²) in [5.74, 6) is 6.68. The number of hydrazine groups is 1. The Morgan fingerprint density at radius 3 is 2.62 bits per heavy atom. The van der Waals surface area contributed by atoms with E-state index in [1.165, 1.54) is 0 Å². The molecule has 0 saturated heterocycles. The molecule has 4 N–H and O–H groups in total. The minimum atomic E-state index is -1.49. The molecule has 11 nitrogen and oxygen atoms in total. The minimum absolute atomic E-state index is 0.0473. The third-order valence-corrected chi connectivity index (χ3v) is 6.44. The van der Waals surface area contributed by atoms with Gasteiger partial charge in [0, 0.05) is 29.9 Å². The molecule has 0 aliphatic carbocycles. The quantitative estimate of drug-likeness (QED) is 0.0614. The summed E-state index contributed by atoms with van der Waals surface area (Å²) in [4.78, 5) is 21.4. The first-order valence-electron chi connectivity index (χ1n) is 12.4. The molecule has 3 aromatic carbocycles. The fourth-order valence-corrected chi connectivity index (χ4v) is 4.49. The number of carbonyl (C=O) groups is 1. The van der Waals surface area contributed by atoms with E-state index in [-0.39, 0.29) is 25.5 Å². The highest BCUT2D eigenvalue weighted by Crippen LogP contribution is 2.43. The Bertz CT molecular complexity index is 1370. The topological polar surface area (TPSA) is 164 Å². The fraction of sp³-hybridized carbons (Fsp3) is 0.286. The van der Waals surface area contributed by atoms with Crippen LogP contribution in [0.4, 0.5) is 0 Å². The van der Waals surface area contributed by atoms with Gasteiger partial charge in [-0.15, -0.1) is 0 Å². The summed E-state index contributed by atoms with van der Waals surface area (Å²) in [5, 5.41) is 12.7. The van der Waals surface area contributed by atoms with Gasteiger partial charge in [-0.25, -0.2) is 10.8 Å². The van der Waals surface area contributed by atoms with Crippen LogP contribution in [0.25, 0.3) is 10.4 Å². The molecule has 0 saturated carbocycles. The number of aliphatic hydroxyl groups is 1. The Labute approximate surface area is 225 Å². The number of benzene rings is 3. The number of aliphatic hydroxyl groups excluding tert-OH is 1. The maximum atomic E-state index is 13.6. The SMILES string of the molecule is COc1cccc([C@@H]2OC(c3ccc(OCCCO)cc3)=N[C@]2(Cc2ccccc2CN=[N+]=[N-])C(=O)NN)c1. The van der Waals surface area contributed by atoms with Crippen LogP contribution in [0.3, 0.4) is 0 Å². The van der Waals surface area contributed by atoms with Gasteiger partial charge in [0.15, 0.2) is 11.6 Å². The highest BCUT2D eigenvalue weighted by molar-refractivity contribution is 6.01. The zero-order valence-corrected chi connectivity index (χ0v) is 21.5. The van der Waals surface area contributed by atoms with Gasteiger partial charge in [-0.1, -0.05) is 41.5 Å². The molecule has 2 atom stereocenters. The second-order valence-corrected chi connectivity index (χ2v) is 8.87. The largest absolute Gasteiger partial charge is 0.497 e. The molecule has 39 heavy (non-hydrogen) atoms. The van der Waals surface area contributed by atoms with E-state index < -0.39 is 17.6 Å². The lowest BCUT2D eigenvalue weighted by Gasteiger charge is -2.30. The average molecular weight is 531 g/mol. The number of nitrogens with one attached hydrogen (secondary N) is 1. The van der Waals surface area contributed by atoms with Crippen LogP contribution in [0.15, 0.2) is 82.9 Å². The predicted molar refractivity (Wildman–Crippen MR) is 145 cm³/mol. The van der Waals surface area contributed by atoms with Crippen LogP contribution in [-0.4, -0.2) is 42.8 Å². The monoisotopic (exact) mass is 530 g/mol. The van der Waals surface area contributed by atoms with E-state index in [2.05, 4.69) is 15.5 Å². The van der Waals surface area contributed by atoms with Crippen LogP contribution in [0.2, 0.25) is 0 Å². The zero-order valence-electron chi connectivity index (χ0n) is 21.5. The Kier molecular flexibility index (Phi) is 9.01. The Morgan fingerprint density at radius 1 is 1.15 bits per heavy atom. The van der Waals surface area contributed by atoms with Gasteiger partial charge < -0.3 is 19.3 Å². The van der Waals surface area contributed by atoms with E-state index in [1.54, 1.807) is 43.5 Å². The molecule has 0 unspecified atom stereocenters. The molecule has 0 fully saturated rings. The van der Waals surface area contributed by atoms with Gasteiger partial charge in [0.1, 0.15) is 11.5 Å². The maximum absolute atomic E-state index is 13.6. The van der Waals surface area contributed by atoms with E-state index in [0.717, 1.165) is 11.1 Å². The van der Waals surface area contributed by atoms with E-state index in [1.807, 2.05) is 36.4 Å². The third kappa shape index (κ3) is 6.12. The van der Waals surface area contributed by atoms with Crippen LogP contribution in [-0.2, 0) is 22.5 Å². The van der Waals surface area contributed by atoms with Crippen molar-refractivity contribution in [2.45, 2.75) is 31.0 Å². The van der Waals surface area contributed by atoms with E-state index in [9.17, 15) is 4.79 Å². The number of amides is 1. The molecular formula is C28H30N6O5. The lowest BCUT2D eigenvalue weighted by molar-refractivity contribution is -0.129. The van der Waals surface area contributed by atoms with Crippen LogP contribution in [0.1, 0.15) is 34.8 Å². The first kappa shape index (κ1) is 27.5. The second kappa shape index (κ2) is 12.8. The smallest absolute Gasteiger partial charge is 0.266 e. The van der Waals surface area contributed by atoms with Crippen molar-refractivity contribution >= 4 is 11.8 Å². The molecule has 4 rings (SSSR count). The normalized spacial score (nSPS) is 17.9. The summed E-state index contributed by atoms with van der Waals surface area (Å²) < 4.78 is 17.5. The molecule has 11 heteroatoms. The van der Waals surface area contributed by atoms with Crippen molar-refractivity contribution in [3.05, 3.63) is 105 Å². The minimum Gasteiger partial charge on any atom is -0.497 e. The molecule has 3 aromatic rings. The summed E-state index contributed by atoms with van der Waals surface area (Å²) in [5.41, 5.74) is 12.5. The molecule has 1 aliphatic heterocycles. The number of nitrogens with zero attached hydrogens (tertiary/aromatic N) is 4. The van der Waals surface area contributed by atoms with Crippen molar-refractivity contribution in [2.75, 3.05) is 20.3 Å². The van der Waals surface area contributed by atoms with E-state index in [4.69, 9.17) is 35.7 Å². The van der Waals surface area contributed by atoms with Crippen molar-refractivity contribution in [2.24, 2.45) is 15.9 Å². The van der Waals surface area contributed by atoms with Gasteiger partial charge in [-0.05, 0) is 58.6 Å². The van der Waals surface area contributed by atoms with Gasteiger partial charge in [0.25, 0.3) is 5.91 Å². The molecule has 0 radical (unpaired) electrons. The number of azide groups is 1. The maximum Gasteiger partial charge on any atom is 0.266 e. The molecule has 1 heterocycles. The first-order valence-corrected chi connectivity index (χ1v) is 12.4. The Hall–Kier alpha value is -4.57. The predicted octanol–water partition coefficient (Wildman–Crippen LogP) is 3.76. The molecule has 0 aromatic heterocycles. The standard InChI is InChI=1S/C28H30N6O5/c1-37-24-9-4-8-20(16-24)25-28(27(36)33-29,17-21-6-2-3-7-22(21)18-31-34-30)32-26(39-25)19-10-12-23(13-11-19)38-15-5-14-35/h2-4,6-13,16,25,35H,5,14-15,17-18,29H2,1H3,(H,33,36)/t25-,28-/m0/s1. The van der Waals surface area contributed by atoms with Gasteiger partial charge >= 0.3 is 0 Å². The number of ether oxygens (including phenoxy) is 3. The molecule has 1 amide bonds. The lowest BCUT2D eigenvalue weighted by atomic mass is 9.81. The number of aliphatic imine (C=N–C) groups is 1. The first-order chi connectivity index (χ1) is 19.0. The number of rotatable bonds is 12. The third-order valence-electron chi connectivity index (χ3n) is 6.44. The van der Waals surface area contributed by atoms with Crippen LogP contribution < -0.4 is 20.7 Å². The van der Waals surface area contributed by atoms with Crippen LogP contribution in [0.5, 0.6) is 11.5 Å². The van der Waals surface area contributed by atoms with Gasteiger partial charge in [0.05, 0.1) is 20.3 Å². The summed E-state index contributed by atoms with van der Waals surface area (Å²) >= 11 is 0. The summed E-state index contributed by atoms with van der Waals surface area (Å²) in [6.45, 7) is 0.553. The number of hydrogen-bond donors (Lipinski definition) is 3. The number of nitrogens with two attached hydrogens (primary N) is 1. The second-order valence-electron chi connectivity index (χ2n) is 8.87. The van der Waals surface area contributed by atoms with Crippen molar-refractivity contribution in [3.63, 3.8) is 0 Å². The summed E-state index contributed by atoms with van der Waals surface area (Å²) in [7, 11) is 1.56. The highest BCUT2D eigenvalue weighted by atomic mass is 16.5. The zero-order chi connectivity index (χ0) is 27.7. The average Bonchev–Trinajstić information content (AvgIpc) is 3.37. The number of methoxy groups -OCH3 is 1. The van der Waals surface area contributed by atoms with Crippen molar-refractivity contribution < 1.29 is 24.1 Å². The lowest BCUT2D eigenvalue weighted by Crippen LogP contribution is -2.52. The van der Waals surface area contributed by atoms with Crippen LogP contribution in [0, 0.1) is 0 Å².